The van der Waals surface area contributed by atoms with Crippen LogP contribution in [0.2, 0.25) is 0 Å². The molecule has 0 radical (unpaired) electrons. The van der Waals surface area contributed by atoms with Gasteiger partial charge in [-0.1, -0.05) is 18.2 Å². The standard InChI is InChI=1S/C19H14O4/c1-10-7-12(8-11(2)18(10)21)19-17-13-5-3-4-6-14(13)22-15(17)9-16(20)23-19/h3-9,21H,1-2H3. The van der Waals surface area contributed by atoms with Crippen molar-refractivity contribution in [3.05, 3.63) is 64.0 Å². The van der Waals surface area contributed by atoms with Gasteiger partial charge in [0.2, 0.25) is 0 Å². The molecule has 0 aliphatic carbocycles. The van der Waals surface area contributed by atoms with Crippen molar-refractivity contribution in [2.24, 2.45) is 0 Å². The predicted molar refractivity (Wildman–Crippen MR) is 88.8 cm³/mol. The molecule has 0 aliphatic rings. The van der Waals surface area contributed by atoms with E-state index in [0.29, 0.717) is 16.9 Å². The summed E-state index contributed by atoms with van der Waals surface area (Å²) in [5, 5.41) is 11.6. The number of furan rings is 1. The van der Waals surface area contributed by atoms with E-state index in [1.807, 2.05) is 50.2 Å². The number of rotatable bonds is 1. The first-order valence-corrected chi connectivity index (χ1v) is 7.30. The Bertz CT molecular complexity index is 1090. The van der Waals surface area contributed by atoms with Crippen LogP contribution >= 0.6 is 0 Å². The zero-order valence-corrected chi connectivity index (χ0v) is 12.7. The van der Waals surface area contributed by atoms with Gasteiger partial charge in [0.05, 0.1) is 11.5 Å². The van der Waals surface area contributed by atoms with E-state index in [4.69, 9.17) is 8.83 Å². The highest BCUT2D eigenvalue weighted by atomic mass is 16.4. The maximum absolute atomic E-state index is 11.9. The van der Waals surface area contributed by atoms with Crippen LogP contribution in [-0.2, 0) is 0 Å². The van der Waals surface area contributed by atoms with Gasteiger partial charge in [-0.3, -0.25) is 0 Å². The average Bonchev–Trinajstić information content (AvgIpc) is 2.89. The van der Waals surface area contributed by atoms with Crippen LogP contribution in [-0.4, -0.2) is 5.11 Å². The molecule has 4 aromatic rings. The Morgan fingerprint density at radius 2 is 1.61 bits per heavy atom. The summed E-state index contributed by atoms with van der Waals surface area (Å²) in [7, 11) is 0. The molecule has 0 unspecified atom stereocenters. The van der Waals surface area contributed by atoms with E-state index in [9.17, 15) is 9.90 Å². The summed E-state index contributed by atoms with van der Waals surface area (Å²) in [5.41, 5.74) is 2.94. The Hall–Kier alpha value is -3.01. The highest BCUT2D eigenvalue weighted by Gasteiger charge is 2.17. The normalized spacial score (nSPS) is 11.4. The monoisotopic (exact) mass is 306 g/mol. The van der Waals surface area contributed by atoms with Crippen molar-refractivity contribution in [2.75, 3.05) is 0 Å². The molecule has 4 rings (SSSR count). The molecule has 114 valence electrons. The van der Waals surface area contributed by atoms with Gasteiger partial charge < -0.3 is 13.9 Å². The molecule has 2 heterocycles. The van der Waals surface area contributed by atoms with Crippen molar-refractivity contribution in [3.8, 4) is 17.1 Å². The summed E-state index contributed by atoms with van der Waals surface area (Å²) < 4.78 is 11.3. The van der Waals surface area contributed by atoms with Crippen molar-refractivity contribution in [1.82, 2.24) is 0 Å². The summed E-state index contributed by atoms with van der Waals surface area (Å²) in [6, 6.07) is 12.6. The molecule has 0 atom stereocenters. The summed E-state index contributed by atoms with van der Waals surface area (Å²) in [6.07, 6.45) is 0. The van der Waals surface area contributed by atoms with Crippen LogP contribution in [0.4, 0.5) is 0 Å². The largest absolute Gasteiger partial charge is 0.507 e. The number of phenols is 1. The lowest BCUT2D eigenvalue weighted by Gasteiger charge is -2.08. The lowest BCUT2D eigenvalue weighted by Crippen LogP contribution is -1.97. The van der Waals surface area contributed by atoms with Crippen LogP contribution in [0.15, 0.2) is 56.1 Å². The molecule has 0 saturated carbocycles. The second-order valence-electron chi connectivity index (χ2n) is 5.69. The van der Waals surface area contributed by atoms with Gasteiger partial charge in [0, 0.05) is 10.9 Å². The van der Waals surface area contributed by atoms with Crippen LogP contribution in [0, 0.1) is 13.8 Å². The number of phenolic OH excluding ortho intramolecular Hbond substituents is 1. The zero-order valence-electron chi connectivity index (χ0n) is 12.7. The second-order valence-corrected chi connectivity index (χ2v) is 5.69. The van der Waals surface area contributed by atoms with Crippen molar-refractivity contribution in [1.29, 1.82) is 0 Å². The topological polar surface area (TPSA) is 63.6 Å². The fourth-order valence-corrected chi connectivity index (χ4v) is 2.98. The van der Waals surface area contributed by atoms with E-state index in [1.165, 1.54) is 6.07 Å². The fourth-order valence-electron chi connectivity index (χ4n) is 2.98. The molecule has 4 heteroatoms. The van der Waals surface area contributed by atoms with Crippen molar-refractivity contribution >= 4 is 21.9 Å². The number of benzene rings is 2. The Labute approximate surface area is 131 Å². The maximum atomic E-state index is 11.9. The highest BCUT2D eigenvalue weighted by Crippen LogP contribution is 2.37. The summed E-state index contributed by atoms with van der Waals surface area (Å²) in [6.45, 7) is 3.63. The minimum absolute atomic E-state index is 0.250. The predicted octanol–water partition coefficient (Wildman–Crippen LogP) is 4.53. The van der Waals surface area contributed by atoms with Crippen LogP contribution < -0.4 is 5.63 Å². The van der Waals surface area contributed by atoms with E-state index >= 15 is 0 Å². The first-order valence-electron chi connectivity index (χ1n) is 7.30. The van der Waals surface area contributed by atoms with Crippen LogP contribution in [0.25, 0.3) is 33.3 Å². The van der Waals surface area contributed by atoms with Gasteiger partial charge in [-0.2, -0.15) is 0 Å². The third kappa shape index (κ3) is 2.03. The van der Waals surface area contributed by atoms with Crippen LogP contribution in [0.1, 0.15) is 11.1 Å². The van der Waals surface area contributed by atoms with Gasteiger partial charge in [0.15, 0.2) is 0 Å². The molecule has 1 N–H and O–H groups in total. The average molecular weight is 306 g/mol. The molecule has 2 aromatic heterocycles. The number of aromatic hydroxyl groups is 1. The maximum Gasteiger partial charge on any atom is 0.340 e. The Kier molecular flexibility index (Phi) is 2.81. The Morgan fingerprint density at radius 3 is 2.35 bits per heavy atom. The zero-order chi connectivity index (χ0) is 16.1. The van der Waals surface area contributed by atoms with E-state index in [1.54, 1.807) is 0 Å². The van der Waals surface area contributed by atoms with Gasteiger partial charge in [-0.15, -0.1) is 0 Å². The number of aryl methyl sites for hydroxylation is 2. The van der Waals surface area contributed by atoms with Crippen molar-refractivity contribution in [3.63, 3.8) is 0 Å². The molecule has 23 heavy (non-hydrogen) atoms. The molecule has 0 aliphatic heterocycles. The van der Waals surface area contributed by atoms with E-state index in [0.717, 1.165) is 27.5 Å². The lowest BCUT2D eigenvalue weighted by molar-refractivity contribution is 0.467. The highest BCUT2D eigenvalue weighted by molar-refractivity contribution is 6.10. The molecule has 0 saturated heterocycles. The van der Waals surface area contributed by atoms with Crippen LogP contribution in [0.3, 0.4) is 0 Å². The summed E-state index contributed by atoms with van der Waals surface area (Å²) >= 11 is 0. The van der Waals surface area contributed by atoms with Crippen LogP contribution in [0.5, 0.6) is 5.75 Å². The van der Waals surface area contributed by atoms with Gasteiger partial charge in [0.1, 0.15) is 22.7 Å². The smallest absolute Gasteiger partial charge is 0.340 e. The lowest BCUT2D eigenvalue weighted by atomic mass is 10.0. The number of hydrogen-bond donors (Lipinski definition) is 1. The Morgan fingerprint density at radius 1 is 0.913 bits per heavy atom. The summed E-state index contributed by atoms with van der Waals surface area (Å²) in [5.74, 6) is 0.712. The molecular formula is C19H14O4. The quantitative estimate of drug-likeness (QED) is 0.561. The third-order valence-corrected chi connectivity index (χ3v) is 4.05. The Balaban J connectivity index is 2.16. The SMILES string of the molecule is Cc1cc(-c2oc(=O)cc3oc4ccccc4c23)cc(C)c1O. The van der Waals surface area contributed by atoms with E-state index in [2.05, 4.69) is 0 Å². The first-order chi connectivity index (χ1) is 11.0. The van der Waals surface area contributed by atoms with Gasteiger partial charge in [-0.25, -0.2) is 4.79 Å². The molecule has 2 aromatic carbocycles. The van der Waals surface area contributed by atoms with E-state index < -0.39 is 5.63 Å². The van der Waals surface area contributed by atoms with Crippen molar-refractivity contribution < 1.29 is 13.9 Å². The van der Waals surface area contributed by atoms with Crippen molar-refractivity contribution in [2.45, 2.75) is 13.8 Å². The van der Waals surface area contributed by atoms with Gasteiger partial charge >= 0.3 is 5.63 Å². The fraction of sp³-hybridized carbons (Fsp3) is 0.105. The molecular weight excluding hydrogens is 292 g/mol. The third-order valence-electron chi connectivity index (χ3n) is 4.05. The molecule has 4 nitrogen and oxygen atoms in total. The van der Waals surface area contributed by atoms with E-state index in [-0.39, 0.29) is 5.75 Å². The minimum Gasteiger partial charge on any atom is -0.507 e. The second kappa shape index (κ2) is 4.74. The molecule has 0 bridgehead atoms. The first kappa shape index (κ1) is 13.6. The number of fused-ring (bicyclic) bond motifs is 3. The summed E-state index contributed by atoms with van der Waals surface area (Å²) in [4.78, 5) is 11.9. The number of para-hydroxylation sites is 1. The molecule has 0 amide bonds. The van der Waals surface area contributed by atoms with Gasteiger partial charge in [0.25, 0.3) is 0 Å². The molecule has 0 spiro atoms. The molecule has 0 fully saturated rings. The number of hydrogen-bond acceptors (Lipinski definition) is 4. The van der Waals surface area contributed by atoms with Gasteiger partial charge in [-0.05, 0) is 43.2 Å². The minimum atomic E-state index is -0.463.